The normalized spacial score (nSPS) is 20.2. The highest BCUT2D eigenvalue weighted by Gasteiger charge is 2.33. The van der Waals surface area contributed by atoms with Crippen molar-refractivity contribution in [1.82, 2.24) is 0 Å². The molecule has 1 N–H and O–H groups in total. The summed E-state index contributed by atoms with van der Waals surface area (Å²) in [6.45, 7) is 2.62. The van der Waals surface area contributed by atoms with Crippen LogP contribution in [0.15, 0.2) is 29.3 Å². The van der Waals surface area contributed by atoms with Gasteiger partial charge in [0.05, 0.1) is 17.8 Å². The van der Waals surface area contributed by atoms with Gasteiger partial charge in [0, 0.05) is 5.25 Å². The van der Waals surface area contributed by atoms with Gasteiger partial charge in [0.25, 0.3) is 0 Å². The van der Waals surface area contributed by atoms with Crippen molar-refractivity contribution in [3.8, 4) is 0 Å². The standard InChI is InChI=1S/C11H11F3N2S/c1-7-6-15-10(17-7)16-9-5-3-2-4-8(9)11(12,13)14/h2-5,7H,6H2,1H3,(H,15,16). The predicted octanol–water partition coefficient (Wildman–Crippen LogP) is 3.61. The zero-order valence-electron chi connectivity index (χ0n) is 9.08. The highest BCUT2D eigenvalue weighted by molar-refractivity contribution is 8.15. The van der Waals surface area contributed by atoms with E-state index in [4.69, 9.17) is 0 Å². The number of benzene rings is 1. The van der Waals surface area contributed by atoms with Crippen LogP contribution < -0.4 is 5.32 Å². The fraction of sp³-hybridized carbons (Fsp3) is 0.364. The third-order valence-corrected chi connectivity index (χ3v) is 3.28. The maximum atomic E-state index is 12.7. The number of amidine groups is 1. The minimum atomic E-state index is -4.35. The second-order valence-electron chi connectivity index (χ2n) is 3.74. The molecule has 0 aliphatic carbocycles. The van der Waals surface area contributed by atoms with Crippen LogP contribution in [0.2, 0.25) is 0 Å². The Kier molecular flexibility index (Phi) is 3.33. The summed E-state index contributed by atoms with van der Waals surface area (Å²) in [5.41, 5.74) is -0.608. The number of halogens is 3. The molecular formula is C11H11F3N2S. The molecule has 0 saturated carbocycles. The first kappa shape index (κ1) is 12.3. The van der Waals surface area contributed by atoms with Crippen LogP contribution in [0.25, 0.3) is 0 Å². The number of nitrogens with one attached hydrogen (secondary N) is 1. The number of hydrogen-bond acceptors (Lipinski definition) is 3. The predicted molar refractivity (Wildman–Crippen MR) is 64.4 cm³/mol. The van der Waals surface area contributed by atoms with E-state index >= 15 is 0 Å². The number of rotatable bonds is 1. The molecule has 0 bridgehead atoms. The SMILES string of the molecule is CC1CN=C(Nc2ccccc2C(F)(F)F)S1. The van der Waals surface area contributed by atoms with Crippen molar-refractivity contribution in [1.29, 1.82) is 0 Å². The number of hydrogen-bond donors (Lipinski definition) is 1. The Labute approximate surface area is 101 Å². The molecule has 1 aromatic rings. The average molecular weight is 260 g/mol. The van der Waals surface area contributed by atoms with Crippen molar-refractivity contribution in [2.75, 3.05) is 11.9 Å². The molecule has 0 radical (unpaired) electrons. The van der Waals surface area contributed by atoms with Gasteiger partial charge in [-0.2, -0.15) is 13.2 Å². The van der Waals surface area contributed by atoms with Gasteiger partial charge < -0.3 is 5.32 Å². The van der Waals surface area contributed by atoms with Crippen LogP contribution >= 0.6 is 11.8 Å². The van der Waals surface area contributed by atoms with E-state index in [1.165, 1.54) is 23.9 Å². The first-order valence-electron chi connectivity index (χ1n) is 5.11. The van der Waals surface area contributed by atoms with Gasteiger partial charge in [-0.1, -0.05) is 30.8 Å². The van der Waals surface area contributed by atoms with Gasteiger partial charge in [0.2, 0.25) is 0 Å². The molecule has 2 rings (SSSR count). The Balaban J connectivity index is 2.22. The molecule has 0 saturated heterocycles. The van der Waals surface area contributed by atoms with Crippen LogP contribution in [0.5, 0.6) is 0 Å². The van der Waals surface area contributed by atoms with E-state index in [9.17, 15) is 13.2 Å². The van der Waals surface area contributed by atoms with Gasteiger partial charge in [-0.15, -0.1) is 0 Å². The molecule has 6 heteroatoms. The van der Waals surface area contributed by atoms with E-state index in [1.807, 2.05) is 6.92 Å². The zero-order valence-corrected chi connectivity index (χ0v) is 9.90. The maximum Gasteiger partial charge on any atom is 0.418 e. The third-order valence-electron chi connectivity index (χ3n) is 2.28. The van der Waals surface area contributed by atoms with Gasteiger partial charge in [-0.25, -0.2) is 0 Å². The molecule has 2 nitrogen and oxygen atoms in total. The smallest absolute Gasteiger partial charge is 0.334 e. The lowest BCUT2D eigenvalue weighted by atomic mass is 10.2. The summed E-state index contributed by atoms with van der Waals surface area (Å²) in [6, 6.07) is 5.42. The lowest BCUT2D eigenvalue weighted by molar-refractivity contribution is -0.136. The van der Waals surface area contributed by atoms with Gasteiger partial charge in [-0.05, 0) is 12.1 Å². The van der Waals surface area contributed by atoms with E-state index in [1.54, 1.807) is 6.07 Å². The quantitative estimate of drug-likeness (QED) is 0.834. The second kappa shape index (κ2) is 4.60. The van der Waals surface area contributed by atoms with E-state index < -0.39 is 11.7 Å². The molecule has 1 aliphatic rings. The minimum absolute atomic E-state index is 0.0559. The minimum Gasteiger partial charge on any atom is -0.334 e. The molecule has 1 aromatic carbocycles. The summed E-state index contributed by atoms with van der Waals surface area (Å²) in [5, 5.41) is 3.60. The van der Waals surface area contributed by atoms with Crippen LogP contribution in [0, 0.1) is 0 Å². The molecule has 1 aliphatic heterocycles. The van der Waals surface area contributed by atoms with Crippen molar-refractivity contribution >= 4 is 22.6 Å². The lowest BCUT2D eigenvalue weighted by Gasteiger charge is -2.13. The number of aliphatic imine (C=N–C) groups is 1. The van der Waals surface area contributed by atoms with E-state index in [2.05, 4.69) is 10.3 Å². The van der Waals surface area contributed by atoms with Crippen LogP contribution in [-0.2, 0) is 6.18 Å². The van der Waals surface area contributed by atoms with E-state index in [0.29, 0.717) is 17.0 Å². The number of para-hydroxylation sites is 1. The summed E-state index contributed by atoms with van der Waals surface area (Å²) >= 11 is 1.45. The molecule has 0 aromatic heterocycles. The largest absolute Gasteiger partial charge is 0.418 e. The van der Waals surface area contributed by atoms with E-state index in [-0.39, 0.29) is 5.69 Å². The van der Waals surface area contributed by atoms with Crippen LogP contribution in [0.3, 0.4) is 0 Å². The van der Waals surface area contributed by atoms with Crippen LogP contribution in [0.4, 0.5) is 18.9 Å². The Morgan fingerprint density at radius 1 is 1.35 bits per heavy atom. The fourth-order valence-corrected chi connectivity index (χ4v) is 2.35. The van der Waals surface area contributed by atoms with Crippen molar-refractivity contribution in [3.63, 3.8) is 0 Å². The Bertz CT molecular complexity index is 443. The van der Waals surface area contributed by atoms with Gasteiger partial charge in [-0.3, -0.25) is 4.99 Å². The highest BCUT2D eigenvalue weighted by Crippen LogP contribution is 2.35. The van der Waals surface area contributed by atoms with Crippen LogP contribution in [0.1, 0.15) is 12.5 Å². The number of anilines is 1. The Hall–Kier alpha value is -1.17. The zero-order chi connectivity index (χ0) is 12.5. The molecule has 0 amide bonds. The number of thioether (sulfide) groups is 1. The lowest BCUT2D eigenvalue weighted by Crippen LogP contribution is -2.13. The Morgan fingerprint density at radius 3 is 2.65 bits per heavy atom. The molecule has 1 unspecified atom stereocenters. The average Bonchev–Trinajstić information content (AvgIpc) is 2.63. The summed E-state index contributed by atoms with van der Waals surface area (Å²) in [4.78, 5) is 4.14. The van der Waals surface area contributed by atoms with Crippen molar-refractivity contribution in [2.24, 2.45) is 4.99 Å². The molecule has 17 heavy (non-hydrogen) atoms. The molecule has 1 heterocycles. The summed E-state index contributed by atoms with van der Waals surface area (Å²) in [7, 11) is 0. The first-order chi connectivity index (χ1) is 7.97. The van der Waals surface area contributed by atoms with Crippen molar-refractivity contribution in [3.05, 3.63) is 29.8 Å². The van der Waals surface area contributed by atoms with Crippen molar-refractivity contribution < 1.29 is 13.2 Å². The molecule has 92 valence electrons. The fourth-order valence-electron chi connectivity index (χ4n) is 1.50. The molecular weight excluding hydrogens is 249 g/mol. The number of alkyl halides is 3. The topological polar surface area (TPSA) is 24.4 Å². The third kappa shape index (κ3) is 2.94. The molecule has 0 spiro atoms. The van der Waals surface area contributed by atoms with Gasteiger partial charge in [0.1, 0.15) is 0 Å². The summed E-state index contributed by atoms with van der Waals surface area (Å²) < 4.78 is 38.1. The first-order valence-corrected chi connectivity index (χ1v) is 5.99. The van der Waals surface area contributed by atoms with Gasteiger partial charge >= 0.3 is 6.18 Å². The Morgan fingerprint density at radius 2 is 2.06 bits per heavy atom. The monoisotopic (exact) mass is 260 g/mol. The number of nitrogens with zero attached hydrogens (tertiary/aromatic N) is 1. The highest BCUT2D eigenvalue weighted by atomic mass is 32.2. The second-order valence-corrected chi connectivity index (χ2v) is 5.17. The van der Waals surface area contributed by atoms with E-state index in [0.717, 1.165) is 6.07 Å². The summed E-state index contributed by atoms with van der Waals surface area (Å²) in [5.74, 6) is 0. The van der Waals surface area contributed by atoms with Crippen molar-refractivity contribution in [2.45, 2.75) is 18.3 Å². The maximum absolute atomic E-state index is 12.7. The van der Waals surface area contributed by atoms with Crippen LogP contribution in [-0.4, -0.2) is 17.0 Å². The van der Waals surface area contributed by atoms with Gasteiger partial charge in [0.15, 0.2) is 5.17 Å². The molecule has 0 fully saturated rings. The molecule has 1 atom stereocenters. The summed E-state index contributed by atoms with van der Waals surface area (Å²) in [6.07, 6.45) is -4.35.